The number of benzene rings is 1. The molecule has 0 unspecified atom stereocenters. The lowest BCUT2D eigenvalue weighted by Gasteiger charge is -1.99. The number of rotatable bonds is 4. The third-order valence-electron chi connectivity index (χ3n) is 2.81. The largest absolute Gasteiger partial charge is 0.334 e. The zero-order valence-electron chi connectivity index (χ0n) is 11.2. The quantitative estimate of drug-likeness (QED) is 0.744. The van der Waals surface area contributed by atoms with Crippen LogP contribution in [0.5, 0.6) is 0 Å². The number of aryl methyl sites for hydroxylation is 1. The molecule has 104 valence electrons. The van der Waals surface area contributed by atoms with E-state index in [4.69, 9.17) is 9.78 Å². The molecule has 2 aromatic heterocycles. The Morgan fingerprint density at radius 3 is 3.14 bits per heavy atom. The van der Waals surface area contributed by atoms with Crippen LogP contribution in [0.15, 0.2) is 39.9 Å². The highest BCUT2D eigenvalue weighted by molar-refractivity contribution is 7.98. The lowest BCUT2D eigenvalue weighted by atomic mass is 10.2. The maximum absolute atomic E-state index is 8.94. The van der Waals surface area contributed by atoms with E-state index in [1.54, 1.807) is 11.8 Å². The van der Waals surface area contributed by atoms with Gasteiger partial charge in [0.15, 0.2) is 5.82 Å². The van der Waals surface area contributed by atoms with Gasteiger partial charge in [-0.1, -0.05) is 22.9 Å². The second kappa shape index (κ2) is 5.81. The van der Waals surface area contributed by atoms with Crippen molar-refractivity contribution in [3.05, 3.63) is 47.5 Å². The van der Waals surface area contributed by atoms with Crippen molar-refractivity contribution >= 4 is 11.8 Å². The van der Waals surface area contributed by atoms with Gasteiger partial charge in [0.1, 0.15) is 11.8 Å². The number of aromatic amines is 1. The molecule has 3 rings (SSSR count). The fraction of sp³-hybridized carbons (Fsp3) is 0.143. The van der Waals surface area contributed by atoms with Crippen LogP contribution in [0.25, 0.3) is 11.5 Å². The van der Waals surface area contributed by atoms with E-state index in [0.717, 1.165) is 4.90 Å². The molecule has 6 nitrogen and oxygen atoms in total. The molecule has 0 aliphatic rings. The van der Waals surface area contributed by atoms with E-state index in [-0.39, 0.29) is 0 Å². The third kappa shape index (κ3) is 2.95. The number of nitrogens with one attached hydrogen (secondary N) is 1. The minimum atomic E-state index is 0.306. The van der Waals surface area contributed by atoms with Gasteiger partial charge < -0.3 is 4.52 Å². The zero-order valence-corrected chi connectivity index (χ0v) is 12.0. The lowest BCUT2D eigenvalue weighted by molar-refractivity contribution is 0.425. The Kier molecular flexibility index (Phi) is 3.71. The number of nitriles is 1. The zero-order chi connectivity index (χ0) is 14.7. The molecule has 0 amide bonds. The summed E-state index contributed by atoms with van der Waals surface area (Å²) in [7, 11) is 0. The van der Waals surface area contributed by atoms with Crippen LogP contribution in [0.4, 0.5) is 0 Å². The van der Waals surface area contributed by atoms with Crippen LogP contribution in [0, 0.1) is 18.3 Å². The summed E-state index contributed by atoms with van der Waals surface area (Å²) < 4.78 is 5.18. The normalized spacial score (nSPS) is 10.5. The van der Waals surface area contributed by atoms with Crippen LogP contribution in [0.2, 0.25) is 0 Å². The monoisotopic (exact) mass is 297 g/mol. The van der Waals surface area contributed by atoms with Crippen molar-refractivity contribution in [3.63, 3.8) is 0 Å². The van der Waals surface area contributed by atoms with Gasteiger partial charge in [0, 0.05) is 4.90 Å². The average Bonchev–Trinajstić information content (AvgIpc) is 3.13. The van der Waals surface area contributed by atoms with Crippen molar-refractivity contribution in [2.24, 2.45) is 0 Å². The molecule has 0 saturated carbocycles. The summed E-state index contributed by atoms with van der Waals surface area (Å²) in [5, 5.41) is 19.2. The van der Waals surface area contributed by atoms with Crippen LogP contribution >= 0.6 is 11.8 Å². The molecule has 0 bridgehead atoms. The molecule has 0 aliphatic heterocycles. The smallest absolute Gasteiger partial charge is 0.262 e. The van der Waals surface area contributed by atoms with Gasteiger partial charge in [0.05, 0.1) is 17.5 Å². The number of hydrogen-bond acceptors (Lipinski definition) is 6. The van der Waals surface area contributed by atoms with Crippen LogP contribution in [-0.2, 0) is 5.75 Å². The van der Waals surface area contributed by atoms with Gasteiger partial charge in [-0.3, -0.25) is 5.10 Å². The number of aromatic nitrogens is 4. The molecule has 0 atom stereocenters. The van der Waals surface area contributed by atoms with Gasteiger partial charge in [-0.2, -0.15) is 15.3 Å². The van der Waals surface area contributed by atoms with Gasteiger partial charge in [0.25, 0.3) is 5.89 Å². The average molecular weight is 297 g/mol. The maximum Gasteiger partial charge on any atom is 0.262 e. The van der Waals surface area contributed by atoms with Crippen molar-refractivity contribution in [3.8, 4) is 17.5 Å². The minimum absolute atomic E-state index is 0.306. The fourth-order valence-corrected chi connectivity index (χ4v) is 2.67. The first-order chi connectivity index (χ1) is 10.3. The molecule has 7 heteroatoms. The fourth-order valence-electron chi connectivity index (χ4n) is 1.81. The standard InChI is InChI=1S/C14H11N5OS/c1-9-3-2-4-10(5-9)21-8-13-17-14(20-19-13)11-7-16-18-12(11)6-15/h2-5,7H,8H2,1H3,(H,16,18). The first-order valence-electron chi connectivity index (χ1n) is 6.22. The van der Waals surface area contributed by atoms with Crippen LogP contribution in [0.3, 0.4) is 0 Å². The summed E-state index contributed by atoms with van der Waals surface area (Å²) in [4.78, 5) is 5.44. The van der Waals surface area contributed by atoms with Gasteiger partial charge in [-0.15, -0.1) is 11.8 Å². The Morgan fingerprint density at radius 2 is 2.33 bits per heavy atom. The molecule has 0 radical (unpaired) electrons. The molecule has 0 aliphatic carbocycles. The summed E-state index contributed by atoms with van der Waals surface area (Å²) in [6.07, 6.45) is 1.50. The Balaban J connectivity index is 1.73. The Bertz CT molecular complexity index is 802. The van der Waals surface area contributed by atoms with Crippen LogP contribution in [0.1, 0.15) is 17.1 Å². The summed E-state index contributed by atoms with van der Waals surface area (Å²) in [6.45, 7) is 2.05. The first-order valence-corrected chi connectivity index (χ1v) is 7.20. The van der Waals surface area contributed by atoms with Crippen molar-refractivity contribution in [2.75, 3.05) is 0 Å². The predicted octanol–water partition coefficient (Wildman–Crippen LogP) is 2.93. The topological polar surface area (TPSA) is 91.4 Å². The van der Waals surface area contributed by atoms with Gasteiger partial charge >= 0.3 is 0 Å². The molecule has 0 fully saturated rings. The second-order valence-corrected chi connectivity index (χ2v) is 5.44. The van der Waals surface area contributed by atoms with Crippen molar-refractivity contribution in [2.45, 2.75) is 17.6 Å². The Morgan fingerprint density at radius 1 is 1.43 bits per heavy atom. The number of nitrogens with zero attached hydrogens (tertiary/aromatic N) is 4. The molecule has 0 spiro atoms. The van der Waals surface area contributed by atoms with Crippen molar-refractivity contribution < 1.29 is 4.52 Å². The van der Waals surface area contributed by atoms with Gasteiger partial charge in [-0.25, -0.2) is 0 Å². The highest BCUT2D eigenvalue weighted by Gasteiger charge is 2.14. The summed E-state index contributed by atoms with van der Waals surface area (Å²) >= 11 is 1.63. The Hall–Kier alpha value is -2.59. The van der Waals surface area contributed by atoms with Crippen LogP contribution in [-0.4, -0.2) is 20.3 Å². The molecule has 3 aromatic rings. The predicted molar refractivity (Wildman–Crippen MR) is 77.3 cm³/mol. The minimum Gasteiger partial charge on any atom is -0.334 e. The molecule has 1 N–H and O–H groups in total. The molecule has 1 aromatic carbocycles. The van der Waals surface area contributed by atoms with Gasteiger partial charge in [0.2, 0.25) is 0 Å². The molecular formula is C14H11N5OS. The molecule has 0 saturated heterocycles. The SMILES string of the molecule is Cc1cccc(SCc2noc(-c3cn[nH]c3C#N)n2)c1. The van der Waals surface area contributed by atoms with Crippen molar-refractivity contribution in [1.82, 2.24) is 20.3 Å². The van der Waals surface area contributed by atoms with Gasteiger partial charge in [-0.05, 0) is 19.1 Å². The third-order valence-corrected chi connectivity index (χ3v) is 3.80. The first kappa shape index (κ1) is 13.4. The van der Waals surface area contributed by atoms with Crippen molar-refractivity contribution in [1.29, 1.82) is 5.26 Å². The highest BCUT2D eigenvalue weighted by Crippen LogP contribution is 2.24. The van der Waals surface area contributed by atoms with E-state index in [1.165, 1.54) is 11.8 Å². The number of thioether (sulfide) groups is 1. The number of hydrogen-bond donors (Lipinski definition) is 1. The molecule has 2 heterocycles. The highest BCUT2D eigenvalue weighted by atomic mass is 32.2. The van der Waals surface area contributed by atoms with E-state index in [1.807, 2.05) is 18.2 Å². The van der Waals surface area contributed by atoms with E-state index in [2.05, 4.69) is 39.4 Å². The van der Waals surface area contributed by atoms with E-state index < -0.39 is 0 Å². The summed E-state index contributed by atoms with van der Waals surface area (Å²) in [5.41, 5.74) is 2.05. The van der Waals surface area contributed by atoms with E-state index in [9.17, 15) is 0 Å². The van der Waals surface area contributed by atoms with E-state index in [0.29, 0.717) is 28.7 Å². The summed E-state index contributed by atoms with van der Waals surface area (Å²) in [6, 6.07) is 10.2. The van der Waals surface area contributed by atoms with E-state index >= 15 is 0 Å². The lowest BCUT2D eigenvalue weighted by Crippen LogP contribution is -1.85. The molecular weight excluding hydrogens is 286 g/mol. The summed E-state index contributed by atoms with van der Waals surface area (Å²) in [5.74, 6) is 1.49. The maximum atomic E-state index is 8.94. The molecule has 21 heavy (non-hydrogen) atoms. The Labute approximate surface area is 125 Å². The number of H-pyrrole nitrogens is 1. The second-order valence-electron chi connectivity index (χ2n) is 4.39. The van der Waals surface area contributed by atoms with Crippen LogP contribution < -0.4 is 0 Å².